The van der Waals surface area contributed by atoms with E-state index in [-0.39, 0.29) is 23.8 Å². The average molecular weight is 664 g/mol. The Morgan fingerprint density at radius 2 is 1.44 bits per heavy atom. The molecule has 1 N–H and O–H groups in total. The van der Waals surface area contributed by atoms with Crippen molar-refractivity contribution in [2.45, 2.75) is 63.5 Å². The summed E-state index contributed by atoms with van der Waals surface area (Å²) in [6.07, 6.45) is 4.60. The number of aryl methyl sites for hydroxylation is 1. The Labute approximate surface area is 287 Å². The molecule has 2 fully saturated rings. The van der Waals surface area contributed by atoms with E-state index in [2.05, 4.69) is 17.4 Å². The Morgan fingerprint density at radius 1 is 0.812 bits per heavy atom. The van der Waals surface area contributed by atoms with Crippen LogP contribution in [0, 0.1) is 12.8 Å². The van der Waals surface area contributed by atoms with E-state index in [0.717, 1.165) is 53.9 Å². The van der Waals surface area contributed by atoms with Gasteiger partial charge in [-0.15, -0.1) is 0 Å². The van der Waals surface area contributed by atoms with Gasteiger partial charge in [0, 0.05) is 41.5 Å². The van der Waals surface area contributed by atoms with Crippen molar-refractivity contribution in [3.63, 3.8) is 0 Å². The summed E-state index contributed by atoms with van der Waals surface area (Å²) in [6.45, 7) is 2.01. The molecule has 1 aliphatic carbocycles. The summed E-state index contributed by atoms with van der Waals surface area (Å²) in [7, 11) is 3.51. The van der Waals surface area contributed by atoms with Crippen molar-refractivity contribution < 1.29 is 19.1 Å². The molecule has 0 bridgehead atoms. The largest absolute Gasteiger partial charge is 0.497 e. The van der Waals surface area contributed by atoms with Gasteiger partial charge in [0.05, 0.1) is 19.1 Å². The highest BCUT2D eigenvalue weighted by molar-refractivity contribution is 6.30. The molecule has 6 rings (SSSR count). The quantitative estimate of drug-likeness (QED) is 0.205. The standard InChI is InChI=1S/C40H42ClN3O4/c1-26-4-18-34(19-5-26)44-37(45)25-24-36(38(44)29-12-22-35(48-3)23-13-29)39(46)42-32-16-8-27(9-17-32)28-10-20-33(21-11-28)43(2)40(47)30-6-14-31(41)15-7-30/h4-9,12-19,22-23,28,33,36,38H,10-11,20-21,24-25H2,1-3H3,(H,42,46). The second kappa shape index (κ2) is 14.7. The van der Waals surface area contributed by atoms with Gasteiger partial charge in [0.2, 0.25) is 11.8 Å². The third-order valence-electron chi connectivity index (χ3n) is 10.0. The molecule has 2 unspecified atom stereocenters. The molecule has 7 nitrogen and oxygen atoms in total. The first-order chi connectivity index (χ1) is 23.2. The fourth-order valence-corrected chi connectivity index (χ4v) is 7.32. The van der Waals surface area contributed by atoms with E-state index in [4.69, 9.17) is 16.3 Å². The zero-order chi connectivity index (χ0) is 33.8. The molecule has 0 spiro atoms. The maximum absolute atomic E-state index is 14.0. The van der Waals surface area contributed by atoms with E-state index in [1.165, 1.54) is 5.56 Å². The number of piperidine rings is 1. The van der Waals surface area contributed by atoms with E-state index >= 15 is 0 Å². The topological polar surface area (TPSA) is 79.0 Å². The number of nitrogens with zero attached hydrogens (tertiary/aromatic N) is 2. The first kappa shape index (κ1) is 33.3. The summed E-state index contributed by atoms with van der Waals surface area (Å²) in [5.41, 5.74) is 5.40. The van der Waals surface area contributed by atoms with Crippen LogP contribution in [0.15, 0.2) is 97.1 Å². The normalized spacial score (nSPS) is 21.0. The number of rotatable bonds is 8. The van der Waals surface area contributed by atoms with Crippen LogP contribution in [0.1, 0.15) is 77.5 Å². The number of anilines is 2. The van der Waals surface area contributed by atoms with E-state index in [9.17, 15) is 14.4 Å². The number of benzene rings is 4. The minimum Gasteiger partial charge on any atom is -0.497 e. The van der Waals surface area contributed by atoms with Crippen molar-refractivity contribution in [1.29, 1.82) is 0 Å². The lowest BCUT2D eigenvalue weighted by atomic mass is 9.81. The monoisotopic (exact) mass is 663 g/mol. The molecule has 0 radical (unpaired) electrons. The molecule has 1 heterocycles. The van der Waals surface area contributed by atoms with Crippen molar-refractivity contribution in [2.75, 3.05) is 24.4 Å². The highest BCUT2D eigenvalue weighted by Crippen LogP contribution is 2.41. The third kappa shape index (κ3) is 7.26. The average Bonchev–Trinajstić information content (AvgIpc) is 3.12. The predicted molar refractivity (Wildman–Crippen MR) is 191 cm³/mol. The lowest BCUT2D eigenvalue weighted by molar-refractivity contribution is -0.125. The number of halogens is 1. The number of carbonyl (C=O) groups excluding carboxylic acids is 3. The first-order valence-corrected chi connectivity index (χ1v) is 17.1. The maximum Gasteiger partial charge on any atom is 0.253 e. The van der Waals surface area contributed by atoms with Crippen LogP contribution in [0.4, 0.5) is 11.4 Å². The zero-order valence-corrected chi connectivity index (χ0v) is 28.5. The maximum atomic E-state index is 14.0. The second-order valence-electron chi connectivity index (χ2n) is 13.0. The van der Waals surface area contributed by atoms with Crippen LogP contribution in [0.5, 0.6) is 5.75 Å². The summed E-state index contributed by atoms with van der Waals surface area (Å²) < 4.78 is 5.37. The molecule has 2 atom stereocenters. The lowest BCUT2D eigenvalue weighted by Crippen LogP contribution is -2.47. The van der Waals surface area contributed by atoms with Crippen LogP contribution in [-0.4, -0.2) is 42.8 Å². The number of methoxy groups -OCH3 is 1. The molecule has 248 valence electrons. The lowest BCUT2D eigenvalue weighted by Gasteiger charge is -2.41. The Balaban J connectivity index is 1.13. The fraction of sp³-hybridized carbons (Fsp3) is 0.325. The molecule has 4 aromatic carbocycles. The number of nitrogens with one attached hydrogen (secondary N) is 1. The van der Waals surface area contributed by atoms with Gasteiger partial charge in [-0.2, -0.15) is 0 Å². The smallest absolute Gasteiger partial charge is 0.253 e. The molecule has 4 aromatic rings. The summed E-state index contributed by atoms with van der Waals surface area (Å²) in [5.74, 6) is 0.590. The van der Waals surface area contributed by atoms with E-state index in [1.54, 1.807) is 36.3 Å². The highest BCUT2D eigenvalue weighted by atomic mass is 35.5. The van der Waals surface area contributed by atoms with Gasteiger partial charge in [0.25, 0.3) is 5.91 Å². The fourth-order valence-electron chi connectivity index (χ4n) is 7.19. The van der Waals surface area contributed by atoms with Crippen LogP contribution < -0.4 is 15.0 Å². The van der Waals surface area contributed by atoms with E-state index < -0.39 is 12.0 Å². The van der Waals surface area contributed by atoms with Gasteiger partial charge in [-0.1, -0.05) is 53.6 Å². The van der Waals surface area contributed by atoms with Crippen molar-refractivity contribution >= 4 is 40.7 Å². The predicted octanol–water partition coefficient (Wildman–Crippen LogP) is 8.58. The van der Waals surface area contributed by atoms with Crippen molar-refractivity contribution in [1.82, 2.24) is 4.90 Å². The summed E-state index contributed by atoms with van der Waals surface area (Å²) in [4.78, 5) is 44.0. The molecule has 48 heavy (non-hydrogen) atoms. The number of amides is 3. The van der Waals surface area contributed by atoms with E-state index in [1.807, 2.05) is 79.5 Å². The summed E-state index contributed by atoms with van der Waals surface area (Å²) in [6, 6.07) is 30.5. The molecule has 1 saturated carbocycles. The van der Waals surface area contributed by atoms with Crippen LogP contribution in [0.3, 0.4) is 0 Å². The minimum absolute atomic E-state index is 0.00309. The molecule has 1 saturated heterocycles. The molecule has 1 aliphatic heterocycles. The number of hydrogen-bond donors (Lipinski definition) is 1. The van der Waals surface area contributed by atoms with Crippen LogP contribution >= 0.6 is 11.6 Å². The van der Waals surface area contributed by atoms with Crippen molar-refractivity contribution in [3.05, 3.63) is 124 Å². The van der Waals surface area contributed by atoms with Crippen molar-refractivity contribution in [3.8, 4) is 5.75 Å². The Kier molecular flexibility index (Phi) is 10.2. The second-order valence-corrected chi connectivity index (χ2v) is 13.4. The number of carbonyl (C=O) groups is 3. The molecule has 2 aliphatic rings. The van der Waals surface area contributed by atoms with Gasteiger partial charge in [0.1, 0.15) is 5.75 Å². The molecule has 0 aromatic heterocycles. The Bertz CT molecular complexity index is 1730. The third-order valence-corrected chi connectivity index (χ3v) is 10.3. The van der Waals surface area contributed by atoms with Crippen LogP contribution in [0.2, 0.25) is 5.02 Å². The minimum atomic E-state index is -0.459. The van der Waals surface area contributed by atoms with Gasteiger partial charge < -0.3 is 19.9 Å². The van der Waals surface area contributed by atoms with Crippen LogP contribution in [0.25, 0.3) is 0 Å². The number of hydrogen-bond acceptors (Lipinski definition) is 4. The van der Waals surface area contributed by atoms with Gasteiger partial charge in [-0.05, 0) is 117 Å². The van der Waals surface area contributed by atoms with Gasteiger partial charge >= 0.3 is 0 Å². The first-order valence-electron chi connectivity index (χ1n) is 16.7. The van der Waals surface area contributed by atoms with Crippen LogP contribution in [-0.2, 0) is 9.59 Å². The zero-order valence-electron chi connectivity index (χ0n) is 27.7. The van der Waals surface area contributed by atoms with Gasteiger partial charge in [-0.25, -0.2) is 0 Å². The van der Waals surface area contributed by atoms with Gasteiger partial charge in [-0.3, -0.25) is 14.4 Å². The molecular formula is C40H42ClN3O4. The van der Waals surface area contributed by atoms with Crippen molar-refractivity contribution in [2.24, 2.45) is 5.92 Å². The Morgan fingerprint density at radius 3 is 2.06 bits per heavy atom. The molecular weight excluding hydrogens is 622 g/mol. The van der Waals surface area contributed by atoms with Gasteiger partial charge in [0.15, 0.2) is 0 Å². The molecule has 8 heteroatoms. The number of ether oxygens (including phenoxy) is 1. The summed E-state index contributed by atoms with van der Waals surface area (Å²) >= 11 is 6.00. The SMILES string of the molecule is COc1ccc(C2C(C(=O)Nc3ccc(C4CCC(N(C)C(=O)c5ccc(Cl)cc5)CC4)cc3)CCC(=O)N2c2ccc(C)cc2)cc1. The summed E-state index contributed by atoms with van der Waals surface area (Å²) in [5, 5.41) is 3.78. The Hall–Kier alpha value is -4.62. The van der Waals surface area contributed by atoms with E-state index in [0.29, 0.717) is 29.3 Å². The highest BCUT2D eigenvalue weighted by Gasteiger charge is 2.41. The molecule has 3 amide bonds.